The van der Waals surface area contributed by atoms with Crippen molar-refractivity contribution in [1.82, 2.24) is 10.3 Å². The van der Waals surface area contributed by atoms with Crippen molar-refractivity contribution >= 4 is 5.91 Å². The van der Waals surface area contributed by atoms with Crippen LogP contribution in [0, 0.1) is 0 Å². The molecule has 0 unspecified atom stereocenters. The highest BCUT2D eigenvalue weighted by Crippen LogP contribution is 2.15. The van der Waals surface area contributed by atoms with Gasteiger partial charge in [-0.1, -0.05) is 19.4 Å². The van der Waals surface area contributed by atoms with E-state index in [1.807, 2.05) is 32.9 Å². The van der Waals surface area contributed by atoms with E-state index in [9.17, 15) is 4.79 Å². The molecule has 1 aromatic heterocycles. The van der Waals surface area contributed by atoms with Gasteiger partial charge in [-0.25, -0.2) is 4.98 Å². The number of nitrogens with one attached hydrogen (secondary N) is 1. The average molecular weight is 265 g/mol. The molecule has 1 atom stereocenters. The first kappa shape index (κ1) is 15.4. The number of nitrogens with two attached hydrogens (primary N) is 1. The molecule has 3 N–H and O–H groups in total. The normalized spacial score (nSPS) is 12.3. The van der Waals surface area contributed by atoms with Gasteiger partial charge in [0, 0.05) is 18.3 Å². The molecule has 1 amide bonds. The molecule has 19 heavy (non-hydrogen) atoms. The Balaban J connectivity index is 2.59. The summed E-state index contributed by atoms with van der Waals surface area (Å²) in [5, 5.41) is 2.81. The van der Waals surface area contributed by atoms with Crippen molar-refractivity contribution in [3.8, 4) is 5.88 Å². The Morgan fingerprint density at radius 2 is 2.26 bits per heavy atom. The van der Waals surface area contributed by atoms with E-state index in [-0.39, 0.29) is 12.0 Å². The summed E-state index contributed by atoms with van der Waals surface area (Å²) in [5.41, 5.74) is 6.61. The van der Waals surface area contributed by atoms with Crippen LogP contribution in [0.1, 0.15) is 39.2 Å². The molecule has 1 aromatic rings. The van der Waals surface area contributed by atoms with Crippen molar-refractivity contribution in [1.29, 1.82) is 0 Å². The zero-order chi connectivity index (χ0) is 14.3. The fourth-order valence-electron chi connectivity index (χ4n) is 1.64. The molecule has 0 aromatic carbocycles. The highest BCUT2D eigenvalue weighted by Gasteiger charge is 2.13. The first-order chi connectivity index (χ1) is 9.04. The molecular formula is C14H23N3O2. The Kier molecular flexibility index (Phi) is 6.29. The lowest BCUT2D eigenvalue weighted by molar-refractivity contribution is -0.122. The minimum absolute atomic E-state index is 0.0479. The summed E-state index contributed by atoms with van der Waals surface area (Å²) in [6.45, 7) is 6.26. The van der Waals surface area contributed by atoms with Gasteiger partial charge in [0.1, 0.15) is 0 Å². The molecule has 0 saturated carbocycles. The summed E-state index contributed by atoms with van der Waals surface area (Å²) < 4.78 is 5.59. The molecular weight excluding hydrogens is 242 g/mol. The Labute approximate surface area is 114 Å². The second-order valence-corrected chi connectivity index (χ2v) is 4.75. The zero-order valence-corrected chi connectivity index (χ0v) is 11.8. The molecule has 5 nitrogen and oxygen atoms in total. The second kappa shape index (κ2) is 7.74. The van der Waals surface area contributed by atoms with Gasteiger partial charge in [0.05, 0.1) is 12.1 Å². The van der Waals surface area contributed by atoms with Gasteiger partial charge in [-0.15, -0.1) is 0 Å². The van der Waals surface area contributed by atoms with Crippen LogP contribution in [0.15, 0.2) is 18.3 Å². The van der Waals surface area contributed by atoms with Crippen LogP contribution in [0.4, 0.5) is 0 Å². The standard InChI is InChI=1S/C14H23N3O2/c1-4-6-12(15)13(18)17-9-11-7-5-8-16-14(11)19-10(2)3/h5,7-8,10,12H,4,6,9,15H2,1-3H3,(H,17,18)/t12-/m1/s1. The predicted octanol–water partition coefficient (Wildman–Crippen LogP) is 1.61. The summed E-state index contributed by atoms with van der Waals surface area (Å²) in [4.78, 5) is 15.9. The van der Waals surface area contributed by atoms with E-state index in [0.717, 1.165) is 12.0 Å². The lowest BCUT2D eigenvalue weighted by Crippen LogP contribution is -2.40. The molecule has 0 spiro atoms. The fraction of sp³-hybridized carbons (Fsp3) is 0.571. The van der Waals surface area contributed by atoms with Gasteiger partial charge in [-0.05, 0) is 26.3 Å². The number of nitrogens with zero attached hydrogens (tertiary/aromatic N) is 1. The Morgan fingerprint density at radius 1 is 1.53 bits per heavy atom. The van der Waals surface area contributed by atoms with E-state index < -0.39 is 6.04 Å². The molecule has 0 aliphatic carbocycles. The van der Waals surface area contributed by atoms with Gasteiger partial charge in [0.15, 0.2) is 0 Å². The van der Waals surface area contributed by atoms with E-state index >= 15 is 0 Å². The van der Waals surface area contributed by atoms with E-state index in [1.54, 1.807) is 6.20 Å². The third kappa shape index (κ3) is 5.26. The number of hydrogen-bond donors (Lipinski definition) is 2. The first-order valence-electron chi connectivity index (χ1n) is 6.68. The van der Waals surface area contributed by atoms with E-state index in [4.69, 9.17) is 10.5 Å². The molecule has 0 aliphatic rings. The minimum Gasteiger partial charge on any atom is -0.475 e. The number of carbonyl (C=O) groups excluding carboxylic acids is 1. The second-order valence-electron chi connectivity index (χ2n) is 4.75. The Morgan fingerprint density at radius 3 is 2.89 bits per heavy atom. The highest BCUT2D eigenvalue weighted by molar-refractivity contribution is 5.81. The van der Waals surface area contributed by atoms with Crippen molar-refractivity contribution in [2.75, 3.05) is 0 Å². The Bertz CT molecular complexity index is 407. The van der Waals surface area contributed by atoms with Gasteiger partial charge in [0.25, 0.3) is 0 Å². The van der Waals surface area contributed by atoms with Gasteiger partial charge >= 0.3 is 0 Å². The lowest BCUT2D eigenvalue weighted by atomic mass is 10.1. The molecule has 106 valence electrons. The van der Waals surface area contributed by atoms with Crippen molar-refractivity contribution < 1.29 is 9.53 Å². The first-order valence-corrected chi connectivity index (χ1v) is 6.68. The number of pyridine rings is 1. The lowest BCUT2D eigenvalue weighted by Gasteiger charge is -2.14. The Hall–Kier alpha value is -1.62. The maximum absolute atomic E-state index is 11.7. The zero-order valence-electron chi connectivity index (χ0n) is 11.8. The van der Waals surface area contributed by atoms with E-state index in [2.05, 4.69) is 10.3 Å². The van der Waals surface area contributed by atoms with Crippen LogP contribution in [0.2, 0.25) is 0 Å². The fourth-order valence-corrected chi connectivity index (χ4v) is 1.64. The predicted molar refractivity (Wildman–Crippen MR) is 74.7 cm³/mol. The van der Waals surface area contributed by atoms with Crippen LogP contribution in [0.3, 0.4) is 0 Å². The van der Waals surface area contributed by atoms with E-state index in [0.29, 0.717) is 18.8 Å². The third-order valence-corrected chi connectivity index (χ3v) is 2.59. The van der Waals surface area contributed by atoms with Crippen molar-refractivity contribution in [2.24, 2.45) is 5.73 Å². The largest absolute Gasteiger partial charge is 0.475 e. The van der Waals surface area contributed by atoms with Crippen molar-refractivity contribution in [3.05, 3.63) is 23.9 Å². The third-order valence-electron chi connectivity index (χ3n) is 2.59. The number of carbonyl (C=O) groups is 1. The number of aromatic nitrogens is 1. The smallest absolute Gasteiger partial charge is 0.237 e. The van der Waals surface area contributed by atoms with Gasteiger partial charge in [-0.2, -0.15) is 0 Å². The maximum atomic E-state index is 11.7. The van der Waals surface area contributed by atoms with Crippen molar-refractivity contribution in [2.45, 2.75) is 52.3 Å². The minimum atomic E-state index is -0.448. The molecule has 5 heteroatoms. The quantitative estimate of drug-likeness (QED) is 0.785. The van der Waals surface area contributed by atoms with Gasteiger partial charge in [0.2, 0.25) is 11.8 Å². The monoisotopic (exact) mass is 265 g/mol. The van der Waals surface area contributed by atoms with Gasteiger partial charge < -0.3 is 15.8 Å². The summed E-state index contributed by atoms with van der Waals surface area (Å²) >= 11 is 0. The van der Waals surface area contributed by atoms with Crippen LogP contribution < -0.4 is 15.8 Å². The van der Waals surface area contributed by atoms with Crippen LogP contribution in [0.5, 0.6) is 5.88 Å². The molecule has 0 bridgehead atoms. The van der Waals surface area contributed by atoms with Crippen LogP contribution in [-0.2, 0) is 11.3 Å². The molecule has 0 aliphatic heterocycles. The van der Waals surface area contributed by atoms with Crippen LogP contribution in [0.25, 0.3) is 0 Å². The summed E-state index contributed by atoms with van der Waals surface area (Å²) in [6.07, 6.45) is 3.30. The topological polar surface area (TPSA) is 77.2 Å². The number of rotatable bonds is 7. The number of ether oxygens (including phenoxy) is 1. The number of hydrogen-bond acceptors (Lipinski definition) is 4. The average Bonchev–Trinajstić information content (AvgIpc) is 2.37. The van der Waals surface area contributed by atoms with Crippen molar-refractivity contribution in [3.63, 3.8) is 0 Å². The summed E-state index contributed by atoms with van der Waals surface area (Å²) in [6, 6.07) is 3.26. The van der Waals surface area contributed by atoms with E-state index in [1.165, 1.54) is 0 Å². The SMILES string of the molecule is CCC[C@@H](N)C(=O)NCc1cccnc1OC(C)C. The molecule has 0 radical (unpaired) electrons. The van der Waals surface area contributed by atoms with Crippen LogP contribution >= 0.6 is 0 Å². The number of amides is 1. The molecule has 0 fully saturated rings. The van der Waals surface area contributed by atoms with Gasteiger partial charge in [-0.3, -0.25) is 4.79 Å². The molecule has 0 saturated heterocycles. The summed E-state index contributed by atoms with van der Waals surface area (Å²) in [7, 11) is 0. The summed E-state index contributed by atoms with van der Waals surface area (Å²) in [5.74, 6) is 0.420. The molecule has 1 heterocycles. The van der Waals surface area contributed by atoms with Crippen LogP contribution in [-0.4, -0.2) is 23.0 Å². The highest BCUT2D eigenvalue weighted by atomic mass is 16.5. The maximum Gasteiger partial charge on any atom is 0.237 e. The molecule has 1 rings (SSSR count).